The molecular weight excluding hydrogens is 511 g/mol. The third-order valence-electron chi connectivity index (χ3n) is 7.12. The number of hydrogen-bond donors (Lipinski definition) is 1. The molecule has 1 N–H and O–H groups in total. The molecule has 0 saturated heterocycles. The van der Waals surface area contributed by atoms with Crippen molar-refractivity contribution in [3.8, 4) is 22.3 Å². The number of rotatable bonds is 9. The Hall–Kier alpha value is -3.08. The highest BCUT2D eigenvalue weighted by molar-refractivity contribution is 5.71. The molecule has 41 heavy (non-hydrogen) atoms. The van der Waals surface area contributed by atoms with Gasteiger partial charge in [0.15, 0.2) is 0 Å². The van der Waals surface area contributed by atoms with E-state index in [9.17, 15) is 0 Å². The second-order valence-electron chi connectivity index (χ2n) is 9.87. The average Bonchev–Trinajstić information content (AvgIpc) is 3.03. The van der Waals surface area contributed by atoms with Crippen molar-refractivity contribution in [1.29, 1.82) is 0 Å². The Bertz CT molecular complexity index is 1090. The number of halogens is 1. The van der Waals surface area contributed by atoms with E-state index >= 15 is 4.39 Å². The second-order valence-corrected chi connectivity index (χ2v) is 9.87. The Morgan fingerprint density at radius 1 is 0.878 bits per heavy atom. The minimum Gasteiger partial charge on any atom is -0.397 e. The third kappa shape index (κ3) is 12.5. The topological polar surface area (TPSA) is 46.5 Å². The van der Waals surface area contributed by atoms with Crippen molar-refractivity contribution < 1.29 is 19.0 Å². The quantitative estimate of drug-likeness (QED) is 0.160. The minimum absolute atomic E-state index is 0.164. The van der Waals surface area contributed by atoms with Gasteiger partial charge in [0.05, 0.1) is 6.10 Å². The van der Waals surface area contributed by atoms with Crippen molar-refractivity contribution in [2.24, 2.45) is 0 Å². The largest absolute Gasteiger partial charge is 0.397 e. The summed E-state index contributed by atoms with van der Waals surface area (Å²) in [6.07, 6.45) is 11.7. The number of carbonyl (C=O) groups excluding carboxylic acids is 1. The lowest BCUT2D eigenvalue weighted by Crippen LogP contribution is -2.19. The predicted octanol–water partition coefficient (Wildman–Crippen LogP) is 9.96. The second kappa shape index (κ2) is 21.6. The summed E-state index contributed by atoms with van der Waals surface area (Å²) in [5, 5.41) is 7.57. The van der Waals surface area contributed by atoms with Crippen molar-refractivity contribution in [3.63, 3.8) is 0 Å². The van der Waals surface area contributed by atoms with Gasteiger partial charge in [0.1, 0.15) is 12.1 Å². The molecule has 0 aromatic heterocycles. The molecule has 3 aromatic carbocycles. The smallest absolute Gasteiger partial charge is 0.142 e. The normalized spacial score (nSPS) is 15.6. The van der Waals surface area contributed by atoms with Crippen molar-refractivity contribution >= 4 is 6.29 Å². The maximum atomic E-state index is 15.0. The fraction of sp³-hybridized carbons (Fsp3) is 0.432. The van der Waals surface area contributed by atoms with Crippen molar-refractivity contribution in [1.82, 2.24) is 0 Å². The summed E-state index contributed by atoms with van der Waals surface area (Å²) in [5.41, 5.74) is 6.32. The summed E-state index contributed by atoms with van der Waals surface area (Å²) in [6.45, 7) is 11.3. The van der Waals surface area contributed by atoms with Crippen LogP contribution in [0.15, 0.2) is 79.4 Å². The highest BCUT2D eigenvalue weighted by Crippen LogP contribution is 2.35. The van der Waals surface area contributed by atoms with E-state index < -0.39 is 0 Å². The Morgan fingerprint density at radius 2 is 1.41 bits per heavy atom. The van der Waals surface area contributed by atoms with E-state index in [1.807, 2.05) is 33.1 Å². The third-order valence-corrected chi connectivity index (χ3v) is 7.12. The number of ether oxygens (including phenoxy) is 1. The Morgan fingerprint density at radius 3 is 1.90 bits per heavy atom. The maximum Gasteiger partial charge on any atom is 0.142 e. The fourth-order valence-electron chi connectivity index (χ4n) is 4.94. The van der Waals surface area contributed by atoms with Crippen molar-refractivity contribution in [2.75, 3.05) is 13.7 Å². The number of unbranched alkanes of at least 4 members (excludes halogenated alkanes) is 2. The minimum atomic E-state index is -0.164. The standard InChI is InChI=1S/C30H35FO.C3H4O.C2H6O.C2H6/c1-3-4-5-6-22-7-9-25(10-8-22)27-17-20-29(30(31)21-27)26-13-11-23(12-14-26)24-15-18-28(32-2)19-16-24;1-2-3-4;1-2-3;1-2/h7-14,17,20-21,24,28H,3-6,15-16,18-19H2,1-2H3;2-3H,1H2;3H,2H2,1H3;1-2H3. The van der Waals surface area contributed by atoms with Crippen LogP contribution in [0.3, 0.4) is 0 Å². The molecule has 0 amide bonds. The number of hydrogen-bond acceptors (Lipinski definition) is 3. The van der Waals surface area contributed by atoms with Crippen LogP contribution >= 0.6 is 0 Å². The van der Waals surface area contributed by atoms with Crippen LogP contribution < -0.4 is 0 Å². The SMILES string of the molecule is C=CC=O.CC.CCCCCc1ccc(-c2ccc(-c3ccc(C4CCC(OC)CC4)cc3)c(F)c2)cc1.CCO. The summed E-state index contributed by atoms with van der Waals surface area (Å²) in [5.74, 6) is 0.426. The molecular formula is C37H51FO3. The van der Waals surface area contributed by atoms with Crippen molar-refractivity contribution in [3.05, 3.63) is 96.3 Å². The van der Waals surface area contributed by atoms with Crippen LogP contribution in [-0.4, -0.2) is 31.2 Å². The molecule has 0 atom stereocenters. The van der Waals surface area contributed by atoms with Gasteiger partial charge in [-0.05, 0) is 91.3 Å². The van der Waals surface area contributed by atoms with Gasteiger partial charge in [-0.25, -0.2) is 4.39 Å². The lowest BCUT2D eigenvalue weighted by Gasteiger charge is -2.28. The van der Waals surface area contributed by atoms with E-state index in [4.69, 9.17) is 14.6 Å². The van der Waals surface area contributed by atoms with Gasteiger partial charge in [0.25, 0.3) is 0 Å². The molecule has 3 aromatic rings. The zero-order chi connectivity index (χ0) is 30.5. The molecule has 1 fully saturated rings. The van der Waals surface area contributed by atoms with Gasteiger partial charge in [-0.1, -0.05) is 101 Å². The monoisotopic (exact) mass is 562 g/mol. The van der Waals surface area contributed by atoms with E-state index in [1.165, 1.54) is 36.5 Å². The van der Waals surface area contributed by atoms with Gasteiger partial charge in [-0.2, -0.15) is 0 Å². The zero-order valence-corrected chi connectivity index (χ0v) is 25.9. The molecule has 0 radical (unpaired) electrons. The van der Waals surface area contributed by atoms with Crippen molar-refractivity contribution in [2.45, 2.75) is 91.1 Å². The Labute approximate surface area is 248 Å². The van der Waals surface area contributed by atoms with Crippen LogP contribution in [0.5, 0.6) is 0 Å². The highest BCUT2D eigenvalue weighted by Gasteiger charge is 2.22. The lowest BCUT2D eigenvalue weighted by molar-refractivity contribution is -0.104. The van der Waals surface area contributed by atoms with E-state index in [2.05, 4.69) is 62.0 Å². The van der Waals surface area contributed by atoms with Gasteiger partial charge < -0.3 is 9.84 Å². The number of aliphatic hydroxyl groups excluding tert-OH is 1. The molecule has 3 nitrogen and oxygen atoms in total. The number of aryl methyl sites for hydroxylation is 1. The van der Waals surface area contributed by atoms with Crippen LogP contribution in [0.4, 0.5) is 4.39 Å². The first-order valence-corrected chi connectivity index (χ1v) is 15.2. The molecule has 1 aliphatic rings. The molecule has 0 heterocycles. The Kier molecular flexibility index (Phi) is 19.0. The first-order valence-electron chi connectivity index (χ1n) is 15.2. The van der Waals surface area contributed by atoms with Gasteiger partial charge in [-0.15, -0.1) is 0 Å². The molecule has 0 spiro atoms. The van der Waals surface area contributed by atoms with E-state index in [0.717, 1.165) is 48.8 Å². The number of aliphatic hydroxyl groups is 1. The molecule has 0 bridgehead atoms. The van der Waals surface area contributed by atoms with Gasteiger partial charge in [-0.3, -0.25) is 4.79 Å². The van der Waals surface area contributed by atoms with Gasteiger partial charge >= 0.3 is 0 Å². The average molecular weight is 563 g/mol. The summed E-state index contributed by atoms with van der Waals surface area (Å²) in [4.78, 5) is 9.06. The first kappa shape index (κ1) is 35.9. The number of methoxy groups -OCH3 is 1. The molecule has 4 heteroatoms. The molecule has 1 saturated carbocycles. The summed E-state index contributed by atoms with van der Waals surface area (Å²) >= 11 is 0. The summed E-state index contributed by atoms with van der Waals surface area (Å²) in [7, 11) is 1.81. The van der Waals surface area contributed by atoms with E-state index in [0.29, 0.717) is 23.9 Å². The Balaban J connectivity index is 0.000000830. The van der Waals surface area contributed by atoms with Gasteiger partial charge in [0.2, 0.25) is 0 Å². The summed E-state index contributed by atoms with van der Waals surface area (Å²) < 4.78 is 20.5. The first-order chi connectivity index (χ1) is 20.0. The van der Waals surface area contributed by atoms with Crippen LogP contribution in [0.25, 0.3) is 22.3 Å². The molecule has 0 aliphatic heterocycles. The maximum absolute atomic E-state index is 15.0. The van der Waals surface area contributed by atoms with Crippen LogP contribution in [0.2, 0.25) is 0 Å². The number of allylic oxidation sites excluding steroid dienone is 1. The fourth-order valence-corrected chi connectivity index (χ4v) is 4.94. The molecule has 0 unspecified atom stereocenters. The predicted molar refractivity (Wildman–Crippen MR) is 173 cm³/mol. The number of aldehydes is 1. The molecule has 224 valence electrons. The highest BCUT2D eigenvalue weighted by atomic mass is 19.1. The van der Waals surface area contributed by atoms with Gasteiger partial charge in [0, 0.05) is 19.3 Å². The molecule has 4 rings (SSSR count). The van der Waals surface area contributed by atoms with E-state index in [1.54, 1.807) is 13.0 Å². The zero-order valence-electron chi connectivity index (χ0n) is 25.9. The van der Waals surface area contributed by atoms with Crippen LogP contribution in [0, 0.1) is 5.82 Å². The summed E-state index contributed by atoms with van der Waals surface area (Å²) in [6, 6.07) is 22.7. The van der Waals surface area contributed by atoms with Crippen LogP contribution in [-0.2, 0) is 16.0 Å². The van der Waals surface area contributed by atoms with Crippen LogP contribution in [0.1, 0.15) is 89.7 Å². The lowest BCUT2D eigenvalue weighted by atomic mass is 9.82. The number of benzene rings is 3. The number of carbonyl (C=O) groups is 1. The molecule has 1 aliphatic carbocycles. The van der Waals surface area contributed by atoms with E-state index in [-0.39, 0.29) is 12.4 Å².